The summed E-state index contributed by atoms with van der Waals surface area (Å²) in [5.74, 6) is 0. The van der Waals surface area contributed by atoms with Gasteiger partial charge in [0.25, 0.3) is 0 Å². The van der Waals surface area contributed by atoms with E-state index in [4.69, 9.17) is 11.0 Å². The summed E-state index contributed by atoms with van der Waals surface area (Å²) < 4.78 is 0. The summed E-state index contributed by atoms with van der Waals surface area (Å²) in [4.78, 5) is 0. The van der Waals surface area contributed by atoms with Gasteiger partial charge in [0.05, 0.1) is 11.6 Å². The maximum Gasteiger partial charge on any atom is 0.0997 e. The normalized spacial score (nSPS) is 9.42. The van der Waals surface area contributed by atoms with Gasteiger partial charge in [-0.2, -0.15) is 5.26 Å². The Morgan fingerprint density at radius 3 is 2.83 bits per heavy atom. The molecule has 2 N–H and O–H groups in total. The number of nitriles is 1. The van der Waals surface area contributed by atoms with E-state index in [0.29, 0.717) is 6.54 Å². The average molecular weight is 160 g/mol. The highest BCUT2D eigenvalue weighted by molar-refractivity contribution is 5.43. The molecule has 0 aliphatic heterocycles. The van der Waals surface area contributed by atoms with Crippen molar-refractivity contribution in [3.63, 3.8) is 0 Å². The van der Waals surface area contributed by atoms with Crippen LogP contribution in [0.4, 0.5) is 0 Å². The molecule has 12 heavy (non-hydrogen) atoms. The van der Waals surface area contributed by atoms with E-state index in [1.165, 1.54) is 0 Å². The molecule has 2 heteroatoms. The Labute approximate surface area is 72.6 Å². The number of nitrogens with zero attached hydrogens (tertiary/aromatic N) is 1. The highest BCUT2D eigenvalue weighted by Gasteiger charge is 2.02. The van der Waals surface area contributed by atoms with E-state index in [0.717, 1.165) is 23.1 Å². The molecule has 0 bridgehead atoms. The number of nitrogens with two attached hydrogens (primary N) is 1. The molecule has 0 saturated heterocycles. The molecule has 62 valence electrons. The quantitative estimate of drug-likeness (QED) is 0.710. The van der Waals surface area contributed by atoms with E-state index in [-0.39, 0.29) is 0 Å². The maximum absolute atomic E-state index is 8.84. The minimum absolute atomic E-state index is 0.595. The molecule has 0 radical (unpaired) electrons. The number of rotatable bonds is 2. The van der Waals surface area contributed by atoms with Gasteiger partial charge in [-0.05, 0) is 31.0 Å². The zero-order valence-corrected chi connectivity index (χ0v) is 7.17. The average Bonchev–Trinajstić information content (AvgIpc) is 2.05. The molecule has 0 fully saturated rings. The molecule has 0 saturated carbocycles. The van der Waals surface area contributed by atoms with Crippen molar-refractivity contribution in [1.82, 2.24) is 0 Å². The van der Waals surface area contributed by atoms with Gasteiger partial charge in [0.1, 0.15) is 0 Å². The lowest BCUT2D eigenvalue weighted by molar-refractivity contribution is 0.962. The molecule has 1 aromatic carbocycles. The minimum atomic E-state index is 0.595. The topological polar surface area (TPSA) is 49.8 Å². The van der Waals surface area contributed by atoms with Gasteiger partial charge in [-0.3, -0.25) is 0 Å². The van der Waals surface area contributed by atoms with E-state index in [2.05, 4.69) is 6.07 Å². The van der Waals surface area contributed by atoms with E-state index in [1.54, 1.807) is 0 Å². The van der Waals surface area contributed by atoms with E-state index in [1.807, 2.05) is 25.1 Å². The number of hydrogen-bond acceptors (Lipinski definition) is 2. The van der Waals surface area contributed by atoms with Crippen molar-refractivity contribution in [3.05, 3.63) is 34.9 Å². The summed E-state index contributed by atoms with van der Waals surface area (Å²) in [6, 6.07) is 8.05. The molecule has 1 aromatic rings. The first-order valence-electron chi connectivity index (χ1n) is 3.98. The predicted octanol–water partition coefficient (Wildman–Crippen LogP) is 1.37. The summed E-state index contributed by atoms with van der Waals surface area (Å²) in [7, 11) is 0. The van der Waals surface area contributed by atoms with Crippen molar-refractivity contribution in [2.24, 2.45) is 5.73 Å². The van der Waals surface area contributed by atoms with Crippen LogP contribution in [0, 0.1) is 18.3 Å². The Bertz CT molecular complexity index is 310. The predicted molar refractivity (Wildman–Crippen MR) is 48.7 cm³/mol. The lowest BCUT2D eigenvalue weighted by Gasteiger charge is -2.03. The van der Waals surface area contributed by atoms with E-state index < -0.39 is 0 Å². The van der Waals surface area contributed by atoms with Gasteiger partial charge in [-0.15, -0.1) is 0 Å². The van der Waals surface area contributed by atoms with Crippen LogP contribution in [0.15, 0.2) is 18.2 Å². The van der Waals surface area contributed by atoms with Crippen LogP contribution in [-0.4, -0.2) is 6.54 Å². The molecule has 1 rings (SSSR count). The second-order valence-electron chi connectivity index (χ2n) is 2.76. The standard InChI is InChI=1S/C10H12N2/c1-8-3-2-4-9(5-6-11)10(8)7-12/h2-4H,5-6,11H2,1H3. The second kappa shape index (κ2) is 3.89. The van der Waals surface area contributed by atoms with Gasteiger partial charge in [-0.1, -0.05) is 18.2 Å². The molecule has 0 aliphatic carbocycles. The molecule has 0 aliphatic rings. The molecule has 2 nitrogen and oxygen atoms in total. The van der Waals surface area contributed by atoms with Crippen LogP contribution in [-0.2, 0) is 6.42 Å². The van der Waals surface area contributed by atoms with Gasteiger partial charge < -0.3 is 5.73 Å². The zero-order chi connectivity index (χ0) is 8.97. The van der Waals surface area contributed by atoms with Gasteiger partial charge in [0.15, 0.2) is 0 Å². The lowest BCUT2D eigenvalue weighted by atomic mass is 10.0. The summed E-state index contributed by atoms with van der Waals surface area (Å²) >= 11 is 0. The summed E-state index contributed by atoms with van der Waals surface area (Å²) in [5.41, 5.74) is 8.29. The lowest BCUT2D eigenvalue weighted by Crippen LogP contribution is -2.04. The van der Waals surface area contributed by atoms with Crippen molar-refractivity contribution < 1.29 is 0 Å². The largest absolute Gasteiger partial charge is 0.330 e. The van der Waals surface area contributed by atoms with E-state index in [9.17, 15) is 0 Å². The fourth-order valence-electron chi connectivity index (χ4n) is 1.25. The SMILES string of the molecule is Cc1cccc(CCN)c1C#N. The first-order valence-corrected chi connectivity index (χ1v) is 3.98. The van der Waals surface area contributed by atoms with Gasteiger partial charge in [0, 0.05) is 0 Å². The van der Waals surface area contributed by atoms with Crippen LogP contribution < -0.4 is 5.73 Å². The smallest absolute Gasteiger partial charge is 0.0997 e. The first-order chi connectivity index (χ1) is 5.79. The summed E-state index contributed by atoms with van der Waals surface area (Å²) in [5, 5.41) is 8.84. The van der Waals surface area contributed by atoms with Crippen LogP contribution in [0.2, 0.25) is 0 Å². The van der Waals surface area contributed by atoms with Gasteiger partial charge in [-0.25, -0.2) is 0 Å². The maximum atomic E-state index is 8.84. The number of hydrogen-bond donors (Lipinski definition) is 1. The third-order valence-corrected chi connectivity index (χ3v) is 1.88. The summed E-state index contributed by atoms with van der Waals surface area (Å²) in [6.45, 7) is 2.54. The second-order valence-corrected chi connectivity index (χ2v) is 2.76. The first kappa shape index (κ1) is 8.76. The third-order valence-electron chi connectivity index (χ3n) is 1.88. The van der Waals surface area contributed by atoms with Crippen LogP contribution in [0.1, 0.15) is 16.7 Å². The minimum Gasteiger partial charge on any atom is -0.330 e. The monoisotopic (exact) mass is 160 g/mol. The van der Waals surface area contributed by atoms with Crippen molar-refractivity contribution in [2.75, 3.05) is 6.54 Å². The summed E-state index contributed by atoms with van der Waals surface area (Å²) in [6.07, 6.45) is 0.782. The fourth-order valence-corrected chi connectivity index (χ4v) is 1.25. The molecule has 0 heterocycles. The zero-order valence-electron chi connectivity index (χ0n) is 7.17. The highest BCUT2D eigenvalue weighted by Crippen LogP contribution is 2.12. The molecule has 0 amide bonds. The van der Waals surface area contributed by atoms with Gasteiger partial charge >= 0.3 is 0 Å². The van der Waals surface area contributed by atoms with Crippen LogP contribution in [0.25, 0.3) is 0 Å². The Morgan fingerprint density at radius 1 is 1.50 bits per heavy atom. The van der Waals surface area contributed by atoms with Crippen LogP contribution in [0.3, 0.4) is 0 Å². The van der Waals surface area contributed by atoms with Crippen molar-refractivity contribution in [3.8, 4) is 6.07 Å². The number of benzene rings is 1. The van der Waals surface area contributed by atoms with Crippen molar-refractivity contribution in [1.29, 1.82) is 5.26 Å². The molecular formula is C10H12N2. The Hall–Kier alpha value is -1.33. The highest BCUT2D eigenvalue weighted by atomic mass is 14.5. The van der Waals surface area contributed by atoms with Crippen LogP contribution >= 0.6 is 0 Å². The number of aryl methyl sites for hydroxylation is 1. The Balaban J connectivity index is 3.11. The third kappa shape index (κ3) is 1.63. The van der Waals surface area contributed by atoms with Gasteiger partial charge in [0.2, 0.25) is 0 Å². The van der Waals surface area contributed by atoms with E-state index >= 15 is 0 Å². The molecule has 0 spiro atoms. The van der Waals surface area contributed by atoms with Crippen LogP contribution in [0.5, 0.6) is 0 Å². The molecular weight excluding hydrogens is 148 g/mol. The van der Waals surface area contributed by atoms with Crippen molar-refractivity contribution >= 4 is 0 Å². The van der Waals surface area contributed by atoms with Crippen molar-refractivity contribution in [2.45, 2.75) is 13.3 Å². The Morgan fingerprint density at radius 2 is 2.25 bits per heavy atom. The molecule has 0 atom stereocenters. The fraction of sp³-hybridized carbons (Fsp3) is 0.300. The Kier molecular flexibility index (Phi) is 2.84. The molecule has 0 unspecified atom stereocenters. The molecule has 0 aromatic heterocycles.